The number of rotatable bonds is 4. The molecule has 1 heterocycles. The molecule has 1 aromatic heterocycles. The van der Waals surface area contributed by atoms with Crippen LogP contribution in [-0.4, -0.2) is 30.5 Å². The van der Waals surface area contributed by atoms with E-state index in [-0.39, 0.29) is 18.3 Å². The molecular weight excluding hydrogens is 204 g/mol. The van der Waals surface area contributed by atoms with Crippen molar-refractivity contribution in [1.29, 1.82) is 0 Å². The molecule has 86 valence electrons. The molecule has 2 atom stereocenters. The van der Waals surface area contributed by atoms with Gasteiger partial charge in [0.2, 0.25) is 0 Å². The second kappa shape index (κ2) is 4.72. The molecule has 1 aliphatic carbocycles. The van der Waals surface area contributed by atoms with E-state index in [1.54, 1.807) is 13.3 Å². The maximum Gasteiger partial charge on any atom is 0.160 e. The van der Waals surface area contributed by atoms with Gasteiger partial charge in [-0.05, 0) is 24.5 Å². The average molecular weight is 220 g/mol. The summed E-state index contributed by atoms with van der Waals surface area (Å²) in [6.45, 7) is 0.275. The van der Waals surface area contributed by atoms with Crippen LogP contribution in [0, 0.1) is 0 Å². The van der Waals surface area contributed by atoms with E-state index < -0.39 is 6.04 Å². The first-order valence-corrected chi connectivity index (χ1v) is 5.46. The number of carbonyl (C=O) groups excluding carboxylic acids is 1. The van der Waals surface area contributed by atoms with Crippen molar-refractivity contribution in [2.24, 2.45) is 5.73 Å². The van der Waals surface area contributed by atoms with Crippen LogP contribution in [0.5, 0.6) is 0 Å². The molecule has 0 aliphatic heterocycles. The second-order valence-corrected chi connectivity index (χ2v) is 4.10. The summed E-state index contributed by atoms with van der Waals surface area (Å²) in [7, 11) is 1.55. The van der Waals surface area contributed by atoms with Crippen molar-refractivity contribution < 1.29 is 9.53 Å². The zero-order valence-corrected chi connectivity index (χ0v) is 9.35. The zero-order chi connectivity index (χ0) is 11.5. The molecule has 2 unspecified atom stereocenters. The van der Waals surface area contributed by atoms with Crippen LogP contribution >= 0.6 is 0 Å². The van der Waals surface area contributed by atoms with Crippen LogP contribution in [0.25, 0.3) is 0 Å². The Morgan fingerprint density at radius 1 is 1.75 bits per heavy atom. The van der Waals surface area contributed by atoms with Crippen LogP contribution in [-0.2, 0) is 16.0 Å². The molecule has 2 rings (SSSR count). The molecule has 0 saturated carbocycles. The SMILES string of the molecule is COCC(N)C(=O)C1CCc2cccnc21. The van der Waals surface area contributed by atoms with Gasteiger partial charge in [-0.25, -0.2) is 0 Å². The molecule has 16 heavy (non-hydrogen) atoms. The number of hydrogen-bond donors (Lipinski definition) is 1. The van der Waals surface area contributed by atoms with E-state index in [0.29, 0.717) is 0 Å². The highest BCUT2D eigenvalue weighted by Gasteiger charge is 2.32. The molecule has 0 radical (unpaired) electrons. The topological polar surface area (TPSA) is 65.2 Å². The van der Waals surface area contributed by atoms with Gasteiger partial charge in [0, 0.05) is 13.3 Å². The van der Waals surface area contributed by atoms with Crippen molar-refractivity contribution in [3.63, 3.8) is 0 Å². The first-order chi connectivity index (χ1) is 7.74. The Bertz CT molecular complexity index is 392. The van der Waals surface area contributed by atoms with Gasteiger partial charge in [-0.3, -0.25) is 9.78 Å². The smallest absolute Gasteiger partial charge is 0.160 e. The highest BCUT2D eigenvalue weighted by atomic mass is 16.5. The molecule has 2 N–H and O–H groups in total. The van der Waals surface area contributed by atoms with Crippen LogP contribution in [0.2, 0.25) is 0 Å². The van der Waals surface area contributed by atoms with Gasteiger partial charge >= 0.3 is 0 Å². The highest BCUT2D eigenvalue weighted by Crippen LogP contribution is 2.32. The van der Waals surface area contributed by atoms with Crippen molar-refractivity contribution in [3.8, 4) is 0 Å². The number of fused-ring (bicyclic) bond motifs is 1. The van der Waals surface area contributed by atoms with E-state index in [1.165, 1.54) is 5.56 Å². The van der Waals surface area contributed by atoms with Gasteiger partial charge in [-0.1, -0.05) is 6.07 Å². The fourth-order valence-electron chi connectivity index (χ4n) is 2.21. The first kappa shape index (κ1) is 11.2. The lowest BCUT2D eigenvalue weighted by atomic mass is 9.96. The third kappa shape index (κ3) is 1.99. The number of aryl methyl sites for hydroxylation is 1. The highest BCUT2D eigenvalue weighted by molar-refractivity contribution is 5.90. The molecule has 1 aromatic rings. The van der Waals surface area contributed by atoms with Crippen molar-refractivity contribution in [1.82, 2.24) is 4.98 Å². The van der Waals surface area contributed by atoms with Crippen LogP contribution in [0.4, 0.5) is 0 Å². The van der Waals surface area contributed by atoms with Gasteiger partial charge in [0.1, 0.15) is 0 Å². The number of nitrogens with zero attached hydrogens (tertiary/aromatic N) is 1. The molecule has 0 fully saturated rings. The fraction of sp³-hybridized carbons (Fsp3) is 0.500. The lowest BCUT2D eigenvalue weighted by Gasteiger charge is -2.14. The van der Waals surface area contributed by atoms with Gasteiger partial charge in [0.05, 0.1) is 24.3 Å². The molecule has 0 saturated heterocycles. The molecule has 4 nitrogen and oxygen atoms in total. The van der Waals surface area contributed by atoms with Gasteiger partial charge < -0.3 is 10.5 Å². The summed E-state index contributed by atoms with van der Waals surface area (Å²) in [5, 5.41) is 0. The van der Waals surface area contributed by atoms with E-state index in [4.69, 9.17) is 10.5 Å². The maximum atomic E-state index is 12.1. The van der Waals surface area contributed by atoms with Crippen molar-refractivity contribution >= 4 is 5.78 Å². The Kier molecular flexibility index (Phi) is 3.31. The quantitative estimate of drug-likeness (QED) is 0.809. The minimum atomic E-state index is -0.539. The molecule has 4 heteroatoms. The maximum absolute atomic E-state index is 12.1. The van der Waals surface area contributed by atoms with Gasteiger partial charge in [0.25, 0.3) is 0 Å². The zero-order valence-electron chi connectivity index (χ0n) is 9.35. The van der Waals surface area contributed by atoms with Gasteiger partial charge in [-0.2, -0.15) is 0 Å². The average Bonchev–Trinajstić information content (AvgIpc) is 2.72. The summed E-state index contributed by atoms with van der Waals surface area (Å²) in [4.78, 5) is 16.3. The number of ether oxygens (including phenoxy) is 1. The summed E-state index contributed by atoms with van der Waals surface area (Å²) in [5.74, 6) is -0.0966. The lowest BCUT2D eigenvalue weighted by molar-refractivity contribution is -0.122. The van der Waals surface area contributed by atoms with Crippen LogP contribution < -0.4 is 5.73 Å². The Balaban J connectivity index is 2.16. The van der Waals surface area contributed by atoms with Gasteiger partial charge in [0.15, 0.2) is 5.78 Å². The molecule has 0 aromatic carbocycles. The molecule has 0 amide bonds. The predicted octanol–water partition coefficient (Wildman–Crippen LogP) is 0.654. The van der Waals surface area contributed by atoms with Crippen LogP contribution in [0.15, 0.2) is 18.3 Å². The summed E-state index contributed by atoms with van der Waals surface area (Å²) < 4.78 is 4.91. The van der Waals surface area contributed by atoms with Crippen molar-refractivity contribution in [2.75, 3.05) is 13.7 Å². The number of Topliss-reactive ketones (excluding diaryl/α,β-unsaturated/α-hetero) is 1. The third-order valence-electron chi connectivity index (χ3n) is 3.01. The minimum absolute atomic E-state index is 0.0410. The summed E-state index contributed by atoms with van der Waals surface area (Å²) >= 11 is 0. The number of ketones is 1. The number of nitrogens with two attached hydrogens (primary N) is 1. The number of methoxy groups -OCH3 is 1. The number of aromatic nitrogens is 1. The fourth-order valence-corrected chi connectivity index (χ4v) is 2.21. The van der Waals surface area contributed by atoms with E-state index >= 15 is 0 Å². The molecule has 1 aliphatic rings. The van der Waals surface area contributed by atoms with E-state index in [9.17, 15) is 4.79 Å². The van der Waals surface area contributed by atoms with Crippen molar-refractivity contribution in [2.45, 2.75) is 24.8 Å². The normalized spacial score (nSPS) is 20.5. The van der Waals surface area contributed by atoms with E-state index in [1.807, 2.05) is 12.1 Å². The van der Waals surface area contributed by atoms with Gasteiger partial charge in [-0.15, -0.1) is 0 Å². The Morgan fingerprint density at radius 2 is 2.56 bits per heavy atom. The number of pyridine rings is 1. The monoisotopic (exact) mass is 220 g/mol. The lowest BCUT2D eigenvalue weighted by Crippen LogP contribution is -2.38. The molecule has 0 bridgehead atoms. The molecular formula is C12H16N2O2. The Morgan fingerprint density at radius 3 is 3.31 bits per heavy atom. The Labute approximate surface area is 94.8 Å². The van der Waals surface area contributed by atoms with Crippen LogP contribution in [0.3, 0.4) is 0 Å². The largest absolute Gasteiger partial charge is 0.383 e. The van der Waals surface area contributed by atoms with Crippen LogP contribution in [0.1, 0.15) is 23.6 Å². The second-order valence-electron chi connectivity index (χ2n) is 4.10. The first-order valence-electron chi connectivity index (χ1n) is 5.46. The number of hydrogen-bond acceptors (Lipinski definition) is 4. The van der Waals surface area contributed by atoms with Crippen molar-refractivity contribution in [3.05, 3.63) is 29.6 Å². The van der Waals surface area contributed by atoms with E-state index in [2.05, 4.69) is 4.98 Å². The standard InChI is InChI=1S/C12H16N2O2/c1-16-7-10(13)12(15)9-5-4-8-3-2-6-14-11(8)9/h2-3,6,9-10H,4-5,7,13H2,1H3. The summed E-state index contributed by atoms with van der Waals surface area (Å²) in [6.07, 6.45) is 3.47. The molecule has 0 spiro atoms. The summed E-state index contributed by atoms with van der Waals surface area (Å²) in [6, 6.07) is 3.39. The predicted molar refractivity (Wildman–Crippen MR) is 60.2 cm³/mol. The third-order valence-corrected chi connectivity index (χ3v) is 3.01. The number of carbonyl (C=O) groups is 1. The summed E-state index contributed by atoms with van der Waals surface area (Å²) in [5.41, 5.74) is 7.84. The Hall–Kier alpha value is -1.26. The van der Waals surface area contributed by atoms with E-state index in [0.717, 1.165) is 18.5 Å². The minimum Gasteiger partial charge on any atom is -0.383 e.